The molecular formula is C18H20O. The van der Waals surface area contributed by atoms with Crippen molar-refractivity contribution in [1.29, 1.82) is 0 Å². The molecule has 1 nitrogen and oxygen atoms in total. The van der Waals surface area contributed by atoms with Gasteiger partial charge in [0.1, 0.15) is 5.78 Å². The third kappa shape index (κ3) is 4.06. The van der Waals surface area contributed by atoms with Gasteiger partial charge in [-0.1, -0.05) is 68.4 Å². The Kier molecular flexibility index (Phi) is 4.51. The predicted octanol–water partition coefficient (Wildman–Crippen LogP) is 4.16. The zero-order valence-corrected chi connectivity index (χ0v) is 11.6. The number of benzene rings is 2. The third-order valence-corrected chi connectivity index (χ3v) is 3.29. The normalized spacial score (nSPS) is 10.7. The molecule has 2 aromatic rings. The summed E-state index contributed by atoms with van der Waals surface area (Å²) in [5.41, 5.74) is 3.51. The molecule has 0 amide bonds. The largest absolute Gasteiger partial charge is 0.299 e. The summed E-state index contributed by atoms with van der Waals surface area (Å²) in [5.74, 6) is 0.803. The Hall–Kier alpha value is -1.89. The quantitative estimate of drug-likeness (QED) is 0.780. The van der Waals surface area contributed by atoms with Gasteiger partial charge in [0.25, 0.3) is 0 Å². The maximum atomic E-state index is 12.0. The molecule has 0 saturated heterocycles. The first kappa shape index (κ1) is 13.5. The molecule has 0 atom stereocenters. The zero-order chi connectivity index (χ0) is 13.7. The second kappa shape index (κ2) is 6.33. The van der Waals surface area contributed by atoms with Gasteiger partial charge >= 0.3 is 0 Å². The Bertz CT molecular complexity index is 523. The lowest BCUT2D eigenvalue weighted by atomic mass is 9.98. The van der Waals surface area contributed by atoms with E-state index in [-0.39, 0.29) is 5.78 Å². The van der Waals surface area contributed by atoms with Gasteiger partial charge in [0.2, 0.25) is 0 Å². The SMILES string of the molecule is CC(C)c1ccc(CC(=O)Cc2ccccc2)cc1. The Morgan fingerprint density at radius 2 is 1.37 bits per heavy atom. The molecule has 98 valence electrons. The summed E-state index contributed by atoms with van der Waals surface area (Å²) in [7, 11) is 0. The lowest BCUT2D eigenvalue weighted by Gasteiger charge is -2.06. The van der Waals surface area contributed by atoms with Crippen molar-refractivity contribution in [2.45, 2.75) is 32.6 Å². The topological polar surface area (TPSA) is 17.1 Å². The minimum Gasteiger partial charge on any atom is -0.299 e. The summed E-state index contributed by atoms with van der Waals surface area (Å²) in [4.78, 5) is 12.0. The van der Waals surface area contributed by atoms with Crippen LogP contribution in [0.5, 0.6) is 0 Å². The summed E-state index contributed by atoms with van der Waals surface area (Å²) < 4.78 is 0. The van der Waals surface area contributed by atoms with Gasteiger partial charge in [0, 0.05) is 12.8 Å². The first-order valence-corrected chi connectivity index (χ1v) is 6.79. The fraction of sp³-hybridized carbons (Fsp3) is 0.278. The van der Waals surface area contributed by atoms with Crippen molar-refractivity contribution in [3.63, 3.8) is 0 Å². The van der Waals surface area contributed by atoms with Crippen LogP contribution >= 0.6 is 0 Å². The average molecular weight is 252 g/mol. The summed E-state index contributed by atoms with van der Waals surface area (Å²) in [6.07, 6.45) is 1.04. The molecular weight excluding hydrogens is 232 g/mol. The molecule has 0 aliphatic rings. The van der Waals surface area contributed by atoms with Gasteiger partial charge in [-0.25, -0.2) is 0 Å². The number of rotatable bonds is 5. The van der Waals surface area contributed by atoms with Crippen LogP contribution in [-0.4, -0.2) is 5.78 Å². The van der Waals surface area contributed by atoms with Crippen molar-refractivity contribution in [2.75, 3.05) is 0 Å². The van der Waals surface area contributed by atoms with Crippen molar-refractivity contribution >= 4 is 5.78 Å². The van der Waals surface area contributed by atoms with Gasteiger partial charge in [-0.15, -0.1) is 0 Å². The second-order valence-electron chi connectivity index (χ2n) is 5.27. The number of carbonyl (C=O) groups is 1. The summed E-state index contributed by atoms with van der Waals surface area (Å²) in [6.45, 7) is 4.35. The van der Waals surface area contributed by atoms with Crippen molar-refractivity contribution in [1.82, 2.24) is 0 Å². The highest BCUT2D eigenvalue weighted by Crippen LogP contribution is 2.15. The van der Waals surface area contributed by atoms with E-state index in [1.807, 2.05) is 30.3 Å². The van der Waals surface area contributed by atoms with Crippen molar-refractivity contribution in [3.05, 3.63) is 71.3 Å². The van der Waals surface area contributed by atoms with E-state index >= 15 is 0 Å². The fourth-order valence-electron chi connectivity index (χ4n) is 2.13. The molecule has 0 N–H and O–H groups in total. The number of Topliss-reactive ketones (excluding diaryl/α,β-unsaturated/α-hetero) is 1. The molecule has 0 aromatic heterocycles. The summed E-state index contributed by atoms with van der Waals surface area (Å²) in [5, 5.41) is 0. The van der Waals surface area contributed by atoms with Gasteiger partial charge < -0.3 is 0 Å². The summed E-state index contributed by atoms with van der Waals surface area (Å²) >= 11 is 0. The van der Waals surface area contributed by atoms with Crippen molar-refractivity contribution < 1.29 is 4.79 Å². The monoisotopic (exact) mass is 252 g/mol. The van der Waals surface area contributed by atoms with E-state index in [1.165, 1.54) is 5.56 Å². The maximum absolute atomic E-state index is 12.0. The maximum Gasteiger partial charge on any atom is 0.141 e. The highest BCUT2D eigenvalue weighted by molar-refractivity contribution is 5.83. The minimum atomic E-state index is 0.267. The average Bonchev–Trinajstić information content (AvgIpc) is 2.40. The number of hydrogen-bond donors (Lipinski definition) is 0. The van der Waals surface area contributed by atoms with Crippen LogP contribution < -0.4 is 0 Å². The van der Waals surface area contributed by atoms with E-state index in [9.17, 15) is 4.79 Å². The van der Waals surface area contributed by atoms with Crippen LogP contribution in [0.1, 0.15) is 36.5 Å². The van der Waals surface area contributed by atoms with E-state index in [4.69, 9.17) is 0 Å². The van der Waals surface area contributed by atoms with Crippen LogP contribution in [0, 0.1) is 0 Å². The van der Waals surface area contributed by atoms with Crippen LogP contribution in [0.2, 0.25) is 0 Å². The third-order valence-electron chi connectivity index (χ3n) is 3.29. The van der Waals surface area contributed by atoms with Gasteiger partial charge in [-0.2, -0.15) is 0 Å². The molecule has 19 heavy (non-hydrogen) atoms. The van der Waals surface area contributed by atoms with E-state index < -0.39 is 0 Å². The molecule has 0 fully saturated rings. The minimum absolute atomic E-state index is 0.267. The highest BCUT2D eigenvalue weighted by Gasteiger charge is 2.06. The molecule has 0 radical (unpaired) electrons. The first-order chi connectivity index (χ1) is 9.15. The van der Waals surface area contributed by atoms with Crippen LogP contribution in [-0.2, 0) is 17.6 Å². The number of carbonyl (C=O) groups excluding carboxylic acids is 1. The molecule has 0 saturated carbocycles. The van der Waals surface area contributed by atoms with Crippen LogP contribution in [0.25, 0.3) is 0 Å². The lowest BCUT2D eigenvalue weighted by Crippen LogP contribution is -2.06. The van der Waals surface area contributed by atoms with Gasteiger partial charge in [-0.05, 0) is 22.6 Å². The Labute approximate surface area is 115 Å². The number of ketones is 1. The van der Waals surface area contributed by atoms with Gasteiger partial charge in [0.15, 0.2) is 0 Å². The van der Waals surface area contributed by atoms with Crippen molar-refractivity contribution in [2.24, 2.45) is 0 Å². The van der Waals surface area contributed by atoms with Crippen molar-refractivity contribution in [3.8, 4) is 0 Å². The molecule has 0 unspecified atom stereocenters. The molecule has 0 spiro atoms. The lowest BCUT2D eigenvalue weighted by molar-refractivity contribution is -0.117. The smallest absolute Gasteiger partial charge is 0.141 e. The predicted molar refractivity (Wildman–Crippen MR) is 79.4 cm³/mol. The van der Waals surface area contributed by atoms with Crippen LogP contribution in [0.4, 0.5) is 0 Å². The molecule has 1 heteroatoms. The summed E-state index contributed by atoms with van der Waals surface area (Å²) in [6, 6.07) is 18.3. The van der Waals surface area contributed by atoms with Gasteiger partial charge in [-0.3, -0.25) is 4.79 Å². The standard InChI is InChI=1S/C18H20O/c1-14(2)17-10-8-16(9-11-17)13-18(19)12-15-6-4-3-5-7-15/h3-11,14H,12-13H2,1-2H3. The van der Waals surface area contributed by atoms with Crippen LogP contribution in [0.3, 0.4) is 0 Å². The van der Waals surface area contributed by atoms with Crippen LogP contribution in [0.15, 0.2) is 54.6 Å². The number of hydrogen-bond acceptors (Lipinski definition) is 1. The van der Waals surface area contributed by atoms with Gasteiger partial charge in [0.05, 0.1) is 0 Å². The molecule has 0 bridgehead atoms. The van der Waals surface area contributed by atoms with E-state index in [2.05, 4.69) is 38.1 Å². The fourth-order valence-corrected chi connectivity index (χ4v) is 2.13. The highest BCUT2D eigenvalue weighted by atomic mass is 16.1. The second-order valence-corrected chi connectivity index (χ2v) is 5.27. The Morgan fingerprint density at radius 3 is 1.89 bits per heavy atom. The molecule has 0 aliphatic carbocycles. The van der Waals surface area contributed by atoms with E-state index in [0.29, 0.717) is 18.8 Å². The zero-order valence-electron chi connectivity index (χ0n) is 11.6. The Balaban J connectivity index is 1.95. The molecule has 0 aliphatic heterocycles. The molecule has 2 rings (SSSR count). The first-order valence-electron chi connectivity index (χ1n) is 6.79. The van der Waals surface area contributed by atoms with E-state index in [1.54, 1.807) is 0 Å². The Morgan fingerprint density at radius 1 is 0.842 bits per heavy atom. The molecule has 2 aromatic carbocycles. The van der Waals surface area contributed by atoms with E-state index in [0.717, 1.165) is 11.1 Å². The molecule has 0 heterocycles.